The zero-order valence-electron chi connectivity index (χ0n) is 28.4. The van der Waals surface area contributed by atoms with Crippen LogP contribution in [-0.2, 0) is 27.1 Å². The number of aryl methyl sites for hydroxylation is 2. The topological polar surface area (TPSA) is 131 Å². The molecule has 1 aromatic carbocycles. The van der Waals surface area contributed by atoms with Crippen LogP contribution in [0.5, 0.6) is 5.88 Å². The van der Waals surface area contributed by atoms with E-state index in [0.717, 1.165) is 5.56 Å². The van der Waals surface area contributed by atoms with E-state index in [0.29, 0.717) is 43.7 Å². The number of benzene rings is 1. The maximum Gasteiger partial charge on any atom is 0.410 e. The summed E-state index contributed by atoms with van der Waals surface area (Å²) < 4.78 is 57.2. The number of anilines is 1. The molecular weight excluding hydrogens is 645 g/mol. The van der Waals surface area contributed by atoms with Crippen molar-refractivity contribution in [2.75, 3.05) is 63.9 Å². The molecule has 3 atom stereocenters. The predicted octanol–water partition coefficient (Wildman–Crippen LogP) is 3.11. The van der Waals surface area contributed by atoms with Gasteiger partial charge < -0.3 is 29.7 Å². The van der Waals surface area contributed by atoms with Crippen molar-refractivity contribution in [3.8, 4) is 5.88 Å². The fourth-order valence-corrected chi connectivity index (χ4v) is 6.43. The Morgan fingerprint density at radius 3 is 2.47 bits per heavy atom. The average Bonchev–Trinajstić information content (AvgIpc) is 3.04. The summed E-state index contributed by atoms with van der Waals surface area (Å²) in [6.07, 6.45) is -3.48. The molecule has 0 aliphatic carbocycles. The molecule has 15 heteroatoms. The third-order valence-corrected chi connectivity index (χ3v) is 8.87. The van der Waals surface area contributed by atoms with Crippen molar-refractivity contribution in [1.82, 2.24) is 19.7 Å². The van der Waals surface area contributed by atoms with Crippen molar-refractivity contribution in [2.24, 2.45) is 5.73 Å². The van der Waals surface area contributed by atoms with Gasteiger partial charge in [0.25, 0.3) is 12.3 Å². The van der Waals surface area contributed by atoms with E-state index >= 15 is 0 Å². The molecule has 0 unspecified atom stereocenters. The fourth-order valence-electron chi connectivity index (χ4n) is 6.43. The van der Waals surface area contributed by atoms with Gasteiger partial charge in [-0.05, 0) is 69.9 Å². The highest BCUT2D eigenvalue weighted by Crippen LogP contribution is 2.33. The summed E-state index contributed by atoms with van der Waals surface area (Å²) >= 11 is 0. The molecule has 0 saturated carbocycles. The molecule has 2 N–H and O–H groups in total. The number of amides is 3. The Labute approximate surface area is 284 Å². The maximum absolute atomic E-state index is 14.1. The molecule has 3 aliphatic rings. The summed E-state index contributed by atoms with van der Waals surface area (Å²) in [4.78, 5) is 51.1. The number of fused-ring (bicyclic) bond motifs is 1. The van der Waals surface area contributed by atoms with Crippen LogP contribution in [0.3, 0.4) is 0 Å². The van der Waals surface area contributed by atoms with Crippen molar-refractivity contribution in [2.45, 2.75) is 70.8 Å². The maximum atomic E-state index is 14.1. The van der Waals surface area contributed by atoms with Crippen LogP contribution < -0.4 is 15.4 Å². The van der Waals surface area contributed by atoms with E-state index in [4.69, 9.17) is 19.9 Å². The van der Waals surface area contributed by atoms with Crippen LogP contribution in [0.25, 0.3) is 0 Å². The van der Waals surface area contributed by atoms with E-state index in [1.165, 1.54) is 12.1 Å². The third-order valence-electron chi connectivity index (χ3n) is 8.87. The Morgan fingerprint density at radius 1 is 1.06 bits per heavy atom. The first-order valence-electron chi connectivity index (χ1n) is 16.6. The molecule has 4 heterocycles. The molecule has 2 saturated heterocycles. The molecule has 3 amide bonds. The van der Waals surface area contributed by atoms with Crippen molar-refractivity contribution >= 4 is 23.6 Å². The van der Waals surface area contributed by atoms with Gasteiger partial charge in [-0.15, -0.1) is 0 Å². The van der Waals surface area contributed by atoms with Crippen LogP contribution in [0.15, 0.2) is 30.3 Å². The molecule has 49 heavy (non-hydrogen) atoms. The predicted molar refractivity (Wildman–Crippen MR) is 174 cm³/mol. The van der Waals surface area contributed by atoms with Gasteiger partial charge in [0.1, 0.15) is 35.5 Å². The van der Waals surface area contributed by atoms with E-state index in [1.54, 1.807) is 48.8 Å². The number of aromatic nitrogens is 1. The molecule has 3 aliphatic heterocycles. The standard InChI is InChI=1S/C34H45F3N6O6/c1-21-16-41(25(18-43(21)33(46)49-34(2,3)4)17-40-11-13-47-27(19-40)30(36)37)20-28(44)42-12-14-48-32-26(42)15-23(29(39-32)31(38)45)8-5-22-6-9-24(35)10-7-22/h6-7,9-10,15,21,25,27,30H,5,8,11-14,16-20H2,1-4H3,(H2,38,45)/t21-,25+,27+/m1/s1. The number of rotatable bonds is 9. The number of carbonyl (C=O) groups is 3. The minimum atomic E-state index is -2.63. The summed E-state index contributed by atoms with van der Waals surface area (Å²) in [6.45, 7) is 9.14. The van der Waals surface area contributed by atoms with Crippen LogP contribution in [-0.4, -0.2) is 127 Å². The van der Waals surface area contributed by atoms with Crippen molar-refractivity contribution in [3.63, 3.8) is 0 Å². The summed E-state index contributed by atoms with van der Waals surface area (Å²) in [5.41, 5.74) is 6.77. The summed E-state index contributed by atoms with van der Waals surface area (Å²) in [7, 11) is 0. The number of nitrogens with two attached hydrogens (primary N) is 1. The highest BCUT2D eigenvalue weighted by atomic mass is 19.3. The average molecular weight is 691 g/mol. The van der Waals surface area contributed by atoms with Crippen molar-refractivity contribution < 1.29 is 41.8 Å². The third kappa shape index (κ3) is 9.19. The van der Waals surface area contributed by atoms with E-state index in [-0.39, 0.29) is 74.8 Å². The van der Waals surface area contributed by atoms with E-state index < -0.39 is 30.1 Å². The van der Waals surface area contributed by atoms with E-state index in [9.17, 15) is 27.6 Å². The number of hydrogen-bond donors (Lipinski definition) is 1. The van der Waals surface area contributed by atoms with E-state index in [2.05, 4.69) is 4.98 Å². The summed E-state index contributed by atoms with van der Waals surface area (Å²) in [5.74, 6) is -1.22. The van der Waals surface area contributed by atoms with Gasteiger partial charge in [0.15, 0.2) is 0 Å². The number of piperazine rings is 1. The second-order valence-corrected chi connectivity index (χ2v) is 13.8. The molecule has 5 rings (SSSR count). The van der Waals surface area contributed by atoms with Gasteiger partial charge in [0.05, 0.1) is 19.7 Å². The molecule has 2 aromatic rings. The number of ether oxygens (including phenoxy) is 3. The van der Waals surface area contributed by atoms with Gasteiger partial charge in [0.2, 0.25) is 11.8 Å². The Hall–Kier alpha value is -3.95. The Balaban J connectivity index is 1.37. The molecule has 0 radical (unpaired) electrons. The Morgan fingerprint density at radius 2 is 1.80 bits per heavy atom. The lowest BCUT2D eigenvalue weighted by Gasteiger charge is -2.47. The minimum absolute atomic E-state index is 0.0261. The van der Waals surface area contributed by atoms with Gasteiger partial charge in [0, 0.05) is 44.8 Å². The van der Waals surface area contributed by atoms with Crippen LogP contribution in [0.2, 0.25) is 0 Å². The first kappa shape index (κ1) is 36.3. The van der Waals surface area contributed by atoms with Gasteiger partial charge in [-0.25, -0.2) is 22.9 Å². The largest absolute Gasteiger partial charge is 0.474 e. The first-order valence-corrected chi connectivity index (χ1v) is 16.6. The van der Waals surface area contributed by atoms with Gasteiger partial charge in [-0.2, -0.15) is 0 Å². The monoisotopic (exact) mass is 690 g/mol. The zero-order valence-corrected chi connectivity index (χ0v) is 28.4. The molecular formula is C34H45F3N6O6. The van der Waals surface area contributed by atoms with Crippen molar-refractivity contribution in [1.29, 1.82) is 0 Å². The second kappa shape index (κ2) is 15.3. The van der Waals surface area contributed by atoms with Crippen LogP contribution in [0.1, 0.15) is 49.3 Å². The second-order valence-electron chi connectivity index (χ2n) is 13.8. The number of morpholine rings is 1. The number of primary amides is 1. The first-order chi connectivity index (χ1) is 23.2. The molecule has 0 spiro atoms. The van der Waals surface area contributed by atoms with Gasteiger partial charge in [-0.1, -0.05) is 12.1 Å². The number of halogens is 3. The van der Waals surface area contributed by atoms with Gasteiger partial charge in [-0.3, -0.25) is 19.4 Å². The normalized spacial score (nSPS) is 22.1. The van der Waals surface area contributed by atoms with Crippen molar-refractivity contribution in [3.05, 3.63) is 53.0 Å². The molecule has 0 bridgehead atoms. The van der Waals surface area contributed by atoms with Crippen LogP contribution in [0, 0.1) is 5.82 Å². The van der Waals surface area contributed by atoms with Gasteiger partial charge >= 0.3 is 6.09 Å². The SMILES string of the molecule is C[C@@H]1CN(CC(=O)N2CCOc3nc(C(N)=O)c(CCc4ccc(F)cc4)cc32)[C@@H](CN2CCO[C@H](C(F)F)C2)CN1C(=O)OC(C)(C)C. The van der Waals surface area contributed by atoms with Crippen LogP contribution >= 0.6 is 0 Å². The number of nitrogens with zero attached hydrogens (tertiary/aromatic N) is 5. The minimum Gasteiger partial charge on any atom is -0.474 e. The quantitative estimate of drug-likeness (QED) is 0.422. The molecule has 12 nitrogen and oxygen atoms in total. The number of pyridine rings is 1. The zero-order chi connectivity index (χ0) is 35.5. The highest BCUT2D eigenvalue weighted by molar-refractivity contribution is 5.98. The Kier molecular flexibility index (Phi) is 11.3. The fraction of sp³-hybridized carbons (Fsp3) is 0.588. The Bertz CT molecular complexity index is 1510. The molecule has 268 valence electrons. The number of carbonyl (C=O) groups excluding carboxylic acids is 3. The lowest BCUT2D eigenvalue weighted by Crippen LogP contribution is -2.64. The number of hydrogen-bond acceptors (Lipinski definition) is 9. The summed E-state index contributed by atoms with van der Waals surface area (Å²) in [6, 6.07) is 7.08. The highest BCUT2D eigenvalue weighted by Gasteiger charge is 2.40. The lowest BCUT2D eigenvalue weighted by atomic mass is 10.0. The molecule has 1 aromatic heterocycles. The molecule has 2 fully saturated rings. The van der Waals surface area contributed by atoms with Crippen LogP contribution in [0.4, 0.5) is 23.7 Å². The smallest absolute Gasteiger partial charge is 0.410 e. The summed E-state index contributed by atoms with van der Waals surface area (Å²) in [5, 5.41) is 0. The number of alkyl halides is 2. The lowest BCUT2D eigenvalue weighted by molar-refractivity contribution is -0.123. The van der Waals surface area contributed by atoms with E-state index in [1.807, 2.05) is 16.7 Å².